The zero-order chi connectivity index (χ0) is 14.9. The Kier molecular flexibility index (Phi) is 6.24. The number of amides is 1. The van der Waals surface area contributed by atoms with Gasteiger partial charge in [0.1, 0.15) is 0 Å². The van der Waals surface area contributed by atoms with E-state index in [1.807, 2.05) is 42.5 Å². The van der Waals surface area contributed by atoms with Crippen molar-refractivity contribution in [2.45, 2.75) is 17.4 Å². The van der Waals surface area contributed by atoms with E-state index in [0.29, 0.717) is 12.2 Å². The van der Waals surface area contributed by atoms with Crippen molar-refractivity contribution in [1.82, 2.24) is 10.3 Å². The van der Waals surface area contributed by atoms with E-state index in [1.54, 1.807) is 12.4 Å². The molecule has 1 heterocycles. The molecule has 4 nitrogen and oxygen atoms in total. The number of hydrogen-bond donors (Lipinski definition) is 2. The maximum absolute atomic E-state index is 11.9. The van der Waals surface area contributed by atoms with Crippen LogP contribution in [0.5, 0.6) is 0 Å². The first kappa shape index (κ1) is 15.5. The van der Waals surface area contributed by atoms with Crippen LogP contribution in [0.4, 0.5) is 0 Å². The second-order valence-electron chi connectivity index (χ2n) is 4.61. The van der Waals surface area contributed by atoms with Crippen molar-refractivity contribution in [3.8, 4) is 0 Å². The lowest BCUT2D eigenvalue weighted by Gasteiger charge is -2.16. The van der Waals surface area contributed by atoms with Crippen molar-refractivity contribution in [1.29, 1.82) is 0 Å². The molecule has 0 aliphatic rings. The van der Waals surface area contributed by atoms with E-state index in [4.69, 9.17) is 0 Å². The van der Waals surface area contributed by atoms with Crippen LogP contribution in [0.15, 0.2) is 59.8 Å². The molecule has 0 saturated carbocycles. The number of aromatic nitrogens is 1. The van der Waals surface area contributed by atoms with Gasteiger partial charge in [-0.15, -0.1) is 11.8 Å². The van der Waals surface area contributed by atoms with E-state index in [9.17, 15) is 9.90 Å². The first-order valence-electron chi connectivity index (χ1n) is 6.75. The molecule has 2 N–H and O–H groups in total. The molecule has 0 radical (unpaired) electrons. The molecule has 0 aliphatic carbocycles. The summed E-state index contributed by atoms with van der Waals surface area (Å²) in [6.45, 7) is -0.0689. The van der Waals surface area contributed by atoms with E-state index in [-0.39, 0.29) is 18.6 Å². The number of pyridine rings is 1. The Balaban J connectivity index is 1.80. The Morgan fingerprint density at radius 1 is 1.19 bits per heavy atom. The molecule has 2 rings (SSSR count). The Morgan fingerprint density at radius 2 is 1.90 bits per heavy atom. The number of rotatable bonds is 7. The van der Waals surface area contributed by atoms with Gasteiger partial charge in [-0.05, 0) is 24.1 Å². The SMILES string of the molecule is O=C(CSc1ccncc1)N[C@H](CO)Cc1ccccc1. The second kappa shape index (κ2) is 8.44. The Morgan fingerprint density at radius 3 is 2.57 bits per heavy atom. The fraction of sp³-hybridized carbons (Fsp3) is 0.250. The highest BCUT2D eigenvalue weighted by molar-refractivity contribution is 8.00. The minimum Gasteiger partial charge on any atom is -0.394 e. The number of benzene rings is 1. The molecule has 110 valence electrons. The summed E-state index contributed by atoms with van der Waals surface area (Å²) >= 11 is 1.45. The number of carbonyl (C=O) groups is 1. The smallest absolute Gasteiger partial charge is 0.230 e. The van der Waals surface area contributed by atoms with Crippen LogP contribution in [0.25, 0.3) is 0 Å². The molecule has 1 atom stereocenters. The molecule has 1 amide bonds. The molecule has 1 aromatic carbocycles. The third-order valence-corrected chi connectivity index (χ3v) is 3.94. The summed E-state index contributed by atoms with van der Waals surface area (Å²) in [5.74, 6) is 0.252. The van der Waals surface area contributed by atoms with Gasteiger partial charge in [0.15, 0.2) is 0 Å². The number of aliphatic hydroxyl groups excluding tert-OH is 1. The van der Waals surface area contributed by atoms with E-state index in [2.05, 4.69) is 10.3 Å². The lowest BCUT2D eigenvalue weighted by atomic mass is 10.1. The third kappa shape index (κ3) is 5.57. The zero-order valence-electron chi connectivity index (χ0n) is 11.6. The van der Waals surface area contributed by atoms with Crippen LogP contribution in [0.1, 0.15) is 5.56 Å². The summed E-state index contributed by atoms with van der Waals surface area (Å²) < 4.78 is 0. The van der Waals surface area contributed by atoms with Crippen LogP contribution in [-0.4, -0.2) is 34.4 Å². The fourth-order valence-electron chi connectivity index (χ4n) is 1.91. The number of hydrogen-bond acceptors (Lipinski definition) is 4. The van der Waals surface area contributed by atoms with Crippen LogP contribution in [0, 0.1) is 0 Å². The van der Waals surface area contributed by atoms with Crippen molar-refractivity contribution in [3.05, 3.63) is 60.4 Å². The third-order valence-electron chi connectivity index (χ3n) is 2.93. The van der Waals surface area contributed by atoms with Gasteiger partial charge in [0.05, 0.1) is 18.4 Å². The molecule has 0 aliphatic heterocycles. The minimum absolute atomic E-state index is 0.0689. The topological polar surface area (TPSA) is 62.2 Å². The predicted molar refractivity (Wildman–Crippen MR) is 84.1 cm³/mol. The summed E-state index contributed by atoms with van der Waals surface area (Å²) in [6, 6.07) is 13.3. The van der Waals surface area contributed by atoms with Gasteiger partial charge in [-0.2, -0.15) is 0 Å². The lowest BCUT2D eigenvalue weighted by molar-refractivity contribution is -0.119. The molecular formula is C16H18N2O2S. The highest BCUT2D eigenvalue weighted by atomic mass is 32.2. The lowest BCUT2D eigenvalue weighted by Crippen LogP contribution is -2.40. The standard InChI is InChI=1S/C16H18N2O2S/c19-11-14(10-13-4-2-1-3-5-13)18-16(20)12-21-15-6-8-17-9-7-15/h1-9,14,19H,10-12H2,(H,18,20)/t14-/m0/s1. The van der Waals surface area contributed by atoms with Crippen LogP contribution in [0.3, 0.4) is 0 Å². The predicted octanol–water partition coefficient (Wildman–Crippen LogP) is 1.89. The van der Waals surface area contributed by atoms with Gasteiger partial charge in [-0.3, -0.25) is 9.78 Å². The summed E-state index contributed by atoms with van der Waals surface area (Å²) in [6.07, 6.45) is 4.03. The Bertz CT molecular complexity index is 549. The van der Waals surface area contributed by atoms with Crippen molar-refractivity contribution in [3.63, 3.8) is 0 Å². The summed E-state index contributed by atoms with van der Waals surface area (Å²) in [5, 5.41) is 12.3. The summed E-state index contributed by atoms with van der Waals surface area (Å²) in [5.41, 5.74) is 1.10. The average molecular weight is 302 g/mol. The quantitative estimate of drug-likeness (QED) is 0.767. The normalized spacial score (nSPS) is 11.9. The van der Waals surface area contributed by atoms with Crippen LogP contribution in [0.2, 0.25) is 0 Å². The number of nitrogens with one attached hydrogen (secondary N) is 1. The molecule has 21 heavy (non-hydrogen) atoms. The van der Waals surface area contributed by atoms with Crippen LogP contribution >= 0.6 is 11.8 Å². The zero-order valence-corrected chi connectivity index (χ0v) is 12.4. The fourth-order valence-corrected chi connectivity index (χ4v) is 2.61. The molecule has 0 bridgehead atoms. The van der Waals surface area contributed by atoms with E-state index in [0.717, 1.165) is 10.5 Å². The molecule has 5 heteroatoms. The summed E-state index contributed by atoms with van der Waals surface area (Å²) in [4.78, 5) is 16.9. The Labute approximate surface area is 128 Å². The van der Waals surface area contributed by atoms with Gasteiger partial charge >= 0.3 is 0 Å². The highest BCUT2D eigenvalue weighted by Crippen LogP contribution is 2.15. The molecule has 2 aromatic rings. The van der Waals surface area contributed by atoms with Crippen molar-refractivity contribution >= 4 is 17.7 Å². The molecule has 0 unspecified atom stereocenters. The van der Waals surface area contributed by atoms with Gasteiger partial charge in [0.25, 0.3) is 0 Å². The van der Waals surface area contributed by atoms with E-state index >= 15 is 0 Å². The van der Waals surface area contributed by atoms with E-state index in [1.165, 1.54) is 11.8 Å². The first-order chi connectivity index (χ1) is 10.3. The number of thioether (sulfide) groups is 1. The van der Waals surface area contributed by atoms with Gasteiger partial charge in [-0.1, -0.05) is 30.3 Å². The largest absolute Gasteiger partial charge is 0.394 e. The minimum atomic E-state index is -0.252. The van der Waals surface area contributed by atoms with Crippen LogP contribution < -0.4 is 5.32 Å². The second-order valence-corrected chi connectivity index (χ2v) is 5.66. The molecular weight excluding hydrogens is 284 g/mol. The maximum atomic E-state index is 11.9. The molecule has 0 saturated heterocycles. The molecule has 0 fully saturated rings. The Hall–Kier alpha value is -1.85. The molecule has 1 aromatic heterocycles. The van der Waals surface area contributed by atoms with E-state index < -0.39 is 0 Å². The van der Waals surface area contributed by atoms with Gasteiger partial charge in [-0.25, -0.2) is 0 Å². The molecule has 0 spiro atoms. The van der Waals surface area contributed by atoms with Crippen molar-refractivity contribution in [2.24, 2.45) is 0 Å². The van der Waals surface area contributed by atoms with Gasteiger partial charge in [0.2, 0.25) is 5.91 Å². The highest BCUT2D eigenvalue weighted by Gasteiger charge is 2.12. The van der Waals surface area contributed by atoms with Gasteiger partial charge < -0.3 is 10.4 Å². The number of aliphatic hydroxyl groups is 1. The first-order valence-corrected chi connectivity index (χ1v) is 7.73. The van der Waals surface area contributed by atoms with Gasteiger partial charge in [0, 0.05) is 17.3 Å². The maximum Gasteiger partial charge on any atom is 0.230 e. The number of nitrogens with zero attached hydrogens (tertiary/aromatic N) is 1. The van der Waals surface area contributed by atoms with Crippen molar-refractivity contribution in [2.75, 3.05) is 12.4 Å². The monoisotopic (exact) mass is 302 g/mol. The van der Waals surface area contributed by atoms with Crippen molar-refractivity contribution < 1.29 is 9.90 Å². The summed E-state index contributed by atoms with van der Waals surface area (Å²) in [7, 11) is 0. The average Bonchev–Trinajstić information content (AvgIpc) is 2.54. The number of carbonyl (C=O) groups excluding carboxylic acids is 1. The van der Waals surface area contributed by atoms with Crippen LogP contribution in [-0.2, 0) is 11.2 Å².